The maximum atomic E-state index is 12.1. The van der Waals surface area contributed by atoms with Crippen LogP contribution in [0.2, 0.25) is 0 Å². The van der Waals surface area contributed by atoms with Crippen molar-refractivity contribution in [2.45, 2.75) is 50.7 Å². The molecule has 0 radical (unpaired) electrons. The minimum absolute atomic E-state index is 0.0774. The second-order valence-corrected chi connectivity index (χ2v) is 5.02. The zero-order chi connectivity index (χ0) is 11.7. The molecule has 0 bridgehead atoms. The Kier molecular flexibility index (Phi) is 2.79. The van der Waals surface area contributed by atoms with E-state index in [0.29, 0.717) is 18.6 Å². The highest BCUT2D eigenvalue weighted by Crippen LogP contribution is 2.29. The number of amides is 2. The van der Waals surface area contributed by atoms with Crippen LogP contribution < -0.4 is 5.32 Å². The first-order chi connectivity index (χ1) is 8.33. The fraction of sp³-hybridized carbons (Fsp3) is 0.615. The van der Waals surface area contributed by atoms with E-state index < -0.39 is 0 Å². The Bertz CT molecular complexity index is 380. The summed E-state index contributed by atoms with van der Waals surface area (Å²) in [6.07, 6.45) is 7.41. The van der Waals surface area contributed by atoms with E-state index in [0.717, 1.165) is 31.4 Å². The van der Waals surface area contributed by atoms with Gasteiger partial charge in [-0.1, -0.05) is 0 Å². The Morgan fingerprint density at radius 1 is 1.41 bits per heavy atom. The minimum atomic E-state index is 0.0774. The molecule has 4 heteroatoms. The van der Waals surface area contributed by atoms with E-state index in [2.05, 4.69) is 5.32 Å². The van der Waals surface area contributed by atoms with Crippen molar-refractivity contribution in [3.63, 3.8) is 0 Å². The molecule has 0 atom stereocenters. The number of hydrogen-bond donors (Lipinski definition) is 1. The Balaban J connectivity index is 1.60. The van der Waals surface area contributed by atoms with Gasteiger partial charge in [0.2, 0.25) is 0 Å². The van der Waals surface area contributed by atoms with Gasteiger partial charge in [-0.3, -0.25) is 0 Å². The van der Waals surface area contributed by atoms with Crippen LogP contribution in [0.25, 0.3) is 0 Å². The lowest BCUT2D eigenvalue weighted by Gasteiger charge is -2.30. The normalized spacial score (nSPS) is 19.8. The molecular formula is C13H18N2O2. The van der Waals surface area contributed by atoms with Crippen LogP contribution in [0.3, 0.4) is 0 Å². The molecule has 1 N–H and O–H groups in total. The smallest absolute Gasteiger partial charge is 0.318 e. The summed E-state index contributed by atoms with van der Waals surface area (Å²) < 4.78 is 5.32. The van der Waals surface area contributed by atoms with Crippen LogP contribution in [0.5, 0.6) is 0 Å². The molecule has 1 aromatic heterocycles. The summed E-state index contributed by atoms with van der Waals surface area (Å²) in [7, 11) is 0. The molecule has 3 rings (SSSR count). The molecule has 0 aliphatic heterocycles. The van der Waals surface area contributed by atoms with Gasteiger partial charge in [-0.2, -0.15) is 0 Å². The number of furan rings is 1. The van der Waals surface area contributed by atoms with Gasteiger partial charge in [-0.25, -0.2) is 4.79 Å². The Labute approximate surface area is 101 Å². The second kappa shape index (κ2) is 4.43. The van der Waals surface area contributed by atoms with Gasteiger partial charge in [-0.05, 0) is 44.2 Å². The van der Waals surface area contributed by atoms with Gasteiger partial charge in [0, 0.05) is 12.1 Å². The van der Waals surface area contributed by atoms with Gasteiger partial charge in [0.05, 0.1) is 12.8 Å². The molecule has 0 saturated heterocycles. The number of urea groups is 1. The van der Waals surface area contributed by atoms with Crippen LogP contribution in [-0.4, -0.2) is 23.0 Å². The molecule has 2 aliphatic carbocycles. The van der Waals surface area contributed by atoms with Crippen LogP contribution in [0.1, 0.15) is 37.9 Å². The van der Waals surface area contributed by atoms with Crippen LogP contribution >= 0.6 is 0 Å². The van der Waals surface area contributed by atoms with E-state index >= 15 is 0 Å². The molecule has 4 nitrogen and oxygen atoms in total. The number of rotatable bonds is 4. The summed E-state index contributed by atoms with van der Waals surface area (Å²) >= 11 is 0. The van der Waals surface area contributed by atoms with Gasteiger partial charge >= 0.3 is 6.03 Å². The van der Waals surface area contributed by atoms with Crippen LogP contribution in [0, 0.1) is 0 Å². The summed E-state index contributed by atoms with van der Waals surface area (Å²) in [4.78, 5) is 14.0. The van der Waals surface area contributed by atoms with Gasteiger partial charge in [0.25, 0.3) is 0 Å². The minimum Gasteiger partial charge on any atom is -0.467 e. The molecular weight excluding hydrogens is 216 g/mol. The highest BCUT2D eigenvalue weighted by atomic mass is 16.3. The number of nitrogens with one attached hydrogen (secondary N) is 1. The van der Waals surface area contributed by atoms with E-state index in [1.54, 1.807) is 6.26 Å². The van der Waals surface area contributed by atoms with Crippen molar-refractivity contribution in [2.75, 3.05) is 0 Å². The van der Waals surface area contributed by atoms with E-state index in [1.807, 2.05) is 17.0 Å². The van der Waals surface area contributed by atoms with E-state index in [4.69, 9.17) is 4.42 Å². The molecule has 2 aliphatic rings. The second-order valence-electron chi connectivity index (χ2n) is 5.02. The molecule has 1 aromatic rings. The molecule has 0 aromatic carbocycles. The average Bonchev–Trinajstić information content (AvgIpc) is 2.98. The van der Waals surface area contributed by atoms with Crippen molar-refractivity contribution in [1.82, 2.24) is 10.2 Å². The van der Waals surface area contributed by atoms with Gasteiger partial charge in [0.15, 0.2) is 0 Å². The van der Waals surface area contributed by atoms with Crippen molar-refractivity contribution in [3.05, 3.63) is 24.2 Å². The van der Waals surface area contributed by atoms with Gasteiger partial charge in [0.1, 0.15) is 5.76 Å². The maximum absolute atomic E-state index is 12.1. The third kappa shape index (κ3) is 2.46. The van der Waals surface area contributed by atoms with Gasteiger partial charge < -0.3 is 14.6 Å². The first kappa shape index (κ1) is 10.7. The molecule has 0 unspecified atom stereocenters. The lowest BCUT2D eigenvalue weighted by molar-refractivity contribution is 0.176. The molecule has 2 amide bonds. The standard InChI is InChI=1S/C13H18N2O2/c16-13(14-10-3-1-4-10)15(11-6-7-11)9-12-5-2-8-17-12/h2,5,8,10-11H,1,3-4,6-7,9H2,(H,14,16). The van der Waals surface area contributed by atoms with E-state index in [9.17, 15) is 4.79 Å². The van der Waals surface area contributed by atoms with E-state index in [-0.39, 0.29) is 6.03 Å². The van der Waals surface area contributed by atoms with Crippen molar-refractivity contribution in [3.8, 4) is 0 Å². The zero-order valence-electron chi connectivity index (χ0n) is 9.89. The number of nitrogens with zero attached hydrogens (tertiary/aromatic N) is 1. The maximum Gasteiger partial charge on any atom is 0.318 e. The number of carbonyl (C=O) groups excluding carboxylic acids is 1. The van der Waals surface area contributed by atoms with Crippen LogP contribution in [0.15, 0.2) is 22.8 Å². The first-order valence-corrected chi connectivity index (χ1v) is 6.42. The monoisotopic (exact) mass is 234 g/mol. The van der Waals surface area contributed by atoms with Crippen molar-refractivity contribution in [2.24, 2.45) is 0 Å². The van der Waals surface area contributed by atoms with Crippen LogP contribution in [-0.2, 0) is 6.54 Å². The predicted octanol–water partition coefficient (Wildman–Crippen LogP) is 2.51. The fourth-order valence-corrected chi connectivity index (χ4v) is 2.13. The third-order valence-electron chi connectivity index (χ3n) is 3.59. The quantitative estimate of drug-likeness (QED) is 0.870. The summed E-state index contributed by atoms with van der Waals surface area (Å²) in [5.41, 5.74) is 0. The highest BCUT2D eigenvalue weighted by Gasteiger charge is 2.34. The molecule has 2 saturated carbocycles. The largest absolute Gasteiger partial charge is 0.467 e. The molecule has 1 heterocycles. The molecule has 92 valence electrons. The predicted molar refractivity (Wildman–Crippen MR) is 63.4 cm³/mol. The number of carbonyl (C=O) groups is 1. The third-order valence-corrected chi connectivity index (χ3v) is 3.59. The average molecular weight is 234 g/mol. The van der Waals surface area contributed by atoms with Crippen LogP contribution in [0.4, 0.5) is 4.79 Å². The summed E-state index contributed by atoms with van der Waals surface area (Å²) in [6.45, 7) is 0.593. The van der Waals surface area contributed by atoms with Crippen molar-refractivity contribution in [1.29, 1.82) is 0 Å². The molecule has 2 fully saturated rings. The zero-order valence-corrected chi connectivity index (χ0v) is 9.89. The van der Waals surface area contributed by atoms with E-state index in [1.165, 1.54) is 6.42 Å². The van der Waals surface area contributed by atoms with Crippen molar-refractivity contribution >= 4 is 6.03 Å². The number of hydrogen-bond acceptors (Lipinski definition) is 2. The van der Waals surface area contributed by atoms with Gasteiger partial charge in [-0.15, -0.1) is 0 Å². The summed E-state index contributed by atoms with van der Waals surface area (Å²) in [5, 5.41) is 3.10. The summed E-state index contributed by atoms with van der Waals surface area (Å²) in [6, 6.07) is 4.69. The molecule has 17 heavy (non-hydrogen) atoms. The SMILES string of the molecule is O=C(NC1CCC1)N(Cc1ccco1)C1CC1. The Hall–Kier alpha value is -1.45. The fourth-order valence-electron chi connectivity index (χ4n) is 2.13. The highest BCUT2D eigenvalue weighted by molar-refractivity contribution is 5.75. The molecule has 0 spiro atoms. The summed E-state index contributed by atoms with van der Waals surface area (Å²) in [5.74, 6) is 0.862. The topological polar surface area (TPSA) is 45.5 Å². The lowest BCUT2D eigenvalue weighted by Crippen LogP contribution is -2.47. The van der Waals surface area contributed by atoms with Crippen molar-refractivity contribution < 1.29 is 9.21 Å². The Morgan fingerprint density at radius 3 is 2.76 bits per heavy atom. The first-order valence-electron chi connectivity index (χ1n) is 6.42. The Morgan fingerprint density at radius 2 is 2.24 bits per heavy atom. The lowest BCUT2D eigenvalue weighted by atomic mass is 9.93.